The first-order chi connectivity index (χ1) is 15.3. The predicted octanol–water partition coefficient (Wildman–Crippen LogP) is 9.13. The van der Waals surface area contributed by atoms with E-state index in [0.717, 1.165) is 5.02 Å². The van der Waals surface area contributed by atoms with Gasteiger partial charge in [-0.1, -0.05) is 96.5 Å². The Hall–Kier alpha value is -3.61. The first-order valence-corrected chi connectivity index (χ1v) is 10.8. The highest BCUT2D eigenvalue weighted by atomic mass is 35.5. The summed E-state index contributed by atoms with van der Waals surface area (Å²) in [6.07, 6.45) is 0. The van der Waals surface area contributed by atoms with Gasteiger partial charge < -0.3 is 0 Å². The number of fused-ring (bicyclic) bond motifs is 4. The van der Waals surface area contributed by atoms with Crippen LogP contribution in [0.2, 0.25) is 5.02 Å². The summed E-state index contributed by atoms with van der Waals surface area (Å²) < 4.78 is 0. The fraction of sp³-hybridized carbons (Fsp3) is 0. The minimum Gasteiger partial charge on any atom is -0.0843 e. The molecule has 0 saturated carbocycles. The van der Waals surface area contributed by atoms with Crippen LogP contribution in [-0.2, 0) is 0 Å². The third kappa shape index (κ3) is 3.17. The maximum Gasteiger partial charge on any atom is 0.0406 e. The van der Waals surface area contributed by atoms with E-state index in [-0.39, 0.29) is 0 Å². The number of hydrogen-bond donors (Lipinski definition) is 0. The lowest BCUT2D eigenvalue weighted by atomic mass is 9.91. The van der Waals surface area contributed by atoms with Crippen molar-refractivity contribution in [2.75, 3.05) is 0 Å². The molecule has 6 aromatic rings. The molecule has 0 aliphatic carbocycles. The van der Waals surface area contributed by atoms with E-state index >= 15 is 0 Å². The molecule has 0 aromatic heterocycles. The number of halogens is 1. The highest BCUT2D eigenvalue weighted by Gasteiger charge is 2.10. The van der Waals surface area contributed by atoms with E-state index in [1.54, 1.807) is 0 Å². The molecule has 0 heterocycles. The molecule has 146 valence electrons. The van der Waals surface area contributed by atoms with Gasteiger partial charge in [0.1, 0.15) is 0 Å². The van der Waals surface area contributed by atoms with E-state index in [9.17, 15) is 0 Å². The fourth-order valence-electron chi connectivity index (χ4n) is 4.52. The van der Waals surface area contributed by atoms with Crippen LogP contribution < -0.4 is 0 Å². The van der Waals surface area contributed by atoms with Crippen LogP contribution in [-0.4, -0.2) is 0 Å². The molecule has 0 fully saturated rings. The molecule has 1 heteroatoms. The average molecular weight is 415 g/mol. The van der Waals surface area contributed by atoms with Crippen molar-refractivity contribution in [3.05, 3.63) is 120 Å². The van der Waals surface area contributed by atoms with E-state index < -0.39 is 0 Å². The summed E-state index contributed by atoms with van der Waals surface area (Å²) >= 11 is 6.12. The highest BCUT2D eigenvalue weighted by Crippen LogP contribution is 2.37. The normalized spacial score (nSPS) is 11.4. The van der Waals surface area contributed by atoms with Crippen molar-refractivity contribution in [2.24, 2.45) is 0 Å². The molecule has 0 radical (unpaired) electrons. The van der Waals surface area contributed by atoms with Gasteiger partial charge >= 0.3 is 0 Å². The molecule has 6 aromatic carbocycles. The summed E-state index contributed by atoms with van der Waals surface area (Å²) in [5.41, 5.74) is 4.90. The van der Waals surface area contributed by atoms with Crippen LogP contribution in [0.15, 0.2) is 115 Å². The summed E-state index contributed by atoms with van der Waals surface area (Å²) in [4.78, 5) is 0. The average Bonchev–Trinajstić information content (AvgIpc) is 2.83. The summed E-state index contributed by atoms with van der Waals surface area (Å²) in [7, 11) is 0. The zero-order chi connectivity index (χ0) is 20.8. The SMILES string of the molecule is Clc1ccc(-c2cc3ccc(-c4ccc5ccccc5c4)cc3c3ccccc23)cc1. The Labute approximate surface area is 186 Å². The zero-order valence-electron chi connectivity index (χ0n) is 16.8. The van der Waals surface area contributed by atoms with Crippen LogP contribution in [0, 0.1) is 0 Å². The number of benzene rings is 6. The quantitative estimate of drug-likeness (QED) is 0.248. The van der Waals surface area contributed by atoms with E-state index in [4.69, 9.17) is 11.6 Å². The van der Waals surface area contributed by atoms with Gasteiger partial charge in [0, 0.05) is 5.02 Å². The summed E-state index contributed by atoms with van der Waals surface area (Å²) in [5, 5.41) is 8.34. The molecule has 6 rings (SSSR count). The zero-order valence-corrected chi connectivity index (χ0v) is 17.6. The Kier molecular flexibility index (Phi) is 4.26. The lowest BCUT2D eigenvalue weighted by molar-refractivity contribution is 1.65. The van der Waals surface area contributed by atoms with Gasteiger partial charge in [-0.15, -0.1) is 0 Å². The van der Waals surface area contributed by atoms with Crippen molar-refractivity contribution in [3.63, 3.8) is 0 Å². The highest BCUT2D eigenvalue weighted by molar-refractivity contribution is 6.30. The van der Waals surface area contributed by atoms with Gasteiger partial charge in [-0.25, -0.2) is 0 Å². The second-order valence-electron chi connectivity index (χ2n) is 7.97. The Morgan fingerprint density at radius 3 is 1.81 bits per heavy atom. The molecule has 0 amide bonds. The first-order valence-electron chi connectivity index (χ1n) is 10.5. The third-order valence-electron chi connectivity index (χ3n) is 6.10. The van der Waals surface area contributed by atoms with E-state index in [0.29, 0.717) is 0 Å². The van der Waals surface area contributed by atoms with Crippen molar-refractivity contribution in [1.29, 1.82) is 0 Å². The molecule has 0 atom stereocenters. The van der Waals surface area contributed by atoms with Crippen LogP contribution in [0.1, 0.15) is 0 Å². The third-order valence-corrected chi connectivity index (χ3v) is 6.35. The monoisotopic (exact) mass is 414 g/mol. The van der Waals surface area contributed by atoms with E-state index in [2.05, 4.69) is 103 Å². The number of rotatable bonds is 2. The Morgan fingerprint density at radius 2 is 1.00 bits per heavy atom. The van der Waals surface area contributed by atoms with Crippen LogP contribution in [0.5, 0.6) is 0 Å². The predicted molar refractivity (Wildman–Crippen MR) is 135 cm³/mol. The summed E-state index contributed by atoms with van der Waals surface area (Å²) in [6.45, 7) is 0. The van der Waals surface area contributed by atoms with Crippen LogP contribution >= 0.6 is 11.6 Å². The Bertz CT molecular complexity index is 1580. The molecule has 0 nitrogen and oxygen atoms in total. The molecule has 0 unspecified atom stereocenters. The molecule has 0 N–H and O–H groups in total. The van der Waals surface area contributed by atoms with E-state index in [1.807, 2.05) is 12.1 Å². The van der Waals surface area contributed by atoms with Gasteiger partial charge in [0.2, 0.25) is 0 Å². The van der Waals surface area contributed by atoms with Gasteiger partial charge in [-0.05, 0) is 84.9 Å². The van der Waals surface area contributed by atoms with Crippen LogP contribution in [0.4, 0.5) is 0 Å². The van der Waals surface area contributed by atoms with Gasteiger partial charge in [0.25, 0.3) is 0 Å². The fourth-order valence-corrected chi connectivity index (χ4v) is 4.64. The minimum atomic E-state index is 0.758. The molecule has 0 saturated heterocycles. The van der Waals surface area contributed by atoms with Crippen molar-refractivity contribution in [1.82, 2.24) is 0 Å². The summed E-state index contributed by atoms with van der Waals surface area (Å²) in [5.74, 6) is 0. The van der Waals surface area contributed by atoms with Crippen molar-refractivity contribution >= 4 is 43.9 Å². The molecule has 0 aliphatic heterocycles. The van der Waals surface area contributed by atoms with Crippen LogP contribution in [0.3, 0.4) is 0 Å². The largest absolute Gasteiger partial charge is 0.0843 e. The lowest BCUT2D eigenvalue weighted by Crippen LogP contribution is -1.86. The van der Waals surface area contributed by atoms with Gasteiger partial charge in [-0.2, -0.15) is 0 Å². The Balaban J connectivity index is 1.58. The number of hydrogen-bond acceptors (Lipinski definition) is 0. The van der Waals surface area contributed by atoms with Crippen molar-refractivity contribution < 1.29 is 0 Å². The Morgan fingerprint density at radius 1 is 0.387 bits per heavy atom. The van der Waals surface area contributed by atoms with Crippen molar-refractivity contribution in [3.8, 4) is 22.3 Å². The lowest BCUT2D eigenvalue weighted by Gasteiger charge is -2.13. The minimum absolute atomic E-state index is 0.758. The molecule has 0 spiro atoms. The maximum absolute atomic E-state index is 6.12. The van der Waals surface area contributed by atoms with E-state index in [1.165, 1.54) is 54.6 Å². The maximum atomic E-state index is 6.12. The van der Waals surface area contributed by atoms with Crippen LogP contribution in [0.25, 0.3) is 54.6 Å². The van der Waals surface area contributed by atoms with Gasteiger partial charge in [0.15, 0.2) is 0 Å². The summed E-state index contributed by atoms with van der Waals surface area (Å²) in [6, 6.07) is 41.1. The second-order valence-corrected chi connectivity index (χ2v) is 8.41. The first kappa shape index (κ1) is 18.2. The van der Waals surface area contributed by atoms with Gasteiger partial charge in [-0.3, -0.25) is 0 Å². The molecule has 0 aliphatic rings. The second kappa shape index (κ2) is 7.27. The standard InChI is InChI=1S/C30H19Cl/c31-26-15-13-21(14-16-26)29-19-25-12-11-24(18-30(25)28-8-4-3-7-27(28)29)23-10-9-20-5-1-2-6-22(20)17-23/h1-19H. The van der Waals surface area contributed by atoms with Crippen molar-refractivity contribution in [2.45, 2.75) is 0 Å². The molecular weight excluding hydrogens is 396 g/mol. The van der Waals surface area contributed by atoms with Gasteiger partial charge in [0.05, 0.1) is 0 Å². The molecule has 0 bridgehead atoms. The smallest absolute Gasteiger partial charge is 0.0406 e. The molecule has 31 heavy (non-hydrogen) atoms. The molecular formula is C30H19Cl. The topological polar surface area (TPSA) is 0 Å².